The van der Waals surface area contributed by atoms with E-state index in [1.165, 1.54) is 23.9 Å². The van der Waals surface area contributed by atoms with Gasteiger partial charge in [0.05, 0.1) is 12.8 Å². The van der Waals surface area contributed by atoms with Gasteiger partial charge in [0.1, 0.15) is 0 Å². The van der Waals surface area contributed by atoms with Gasteiger partial charge in [-0.2, -0.15) is 5.10 Å². The van der Waals surface area contributed by atoms with Crippen LogP contribution in [0.3, 0.4) is 0 Å². The third-order valence-corrected chi connectivity index (χ3v) is 3.18. The fourth-order valence-electron chi connectivity index (χ4n) is 1.95. The van der Waals surface area contributed by atoms with Gasteiger partial charge in [-0.05, 0) is 49.2 Å². The van der Waals surface area contributed by atoms with Gasteiger partial charge in [0.15, 0.2) is 11.5 Å². The molecule has 1 amide bonds. The van der Waals surface area contributed by atoms with Crippen molar-refractivity contribution >= 4 is 18.2 Å². The van der Waals surface area contributed by atoms with Crippen molar-refractivity contribution in [3.8, 4) is 11.5 Å². The van der Waals surface area contributed by atoms with Crippen LogP contribution in [0.25, 0.3) is 6.08 Å². The number of amides is 1. The van der Waals surface area contributed by atoms with Gasteiger partial charge < -0.3 is 9.84 Å². The lowest BCUT2D eigenvalue weighted by Crippen LogP contribution is -2.14. The number of phenols is 1. The Labute approximate surface area is 141 Å². The van der Waals surface area contributed by atoms with E-state index >= 15 is 0 Å². The van der Waals surface area contributed by atoms with Crippen molar-refractivity contribution in [2.24, 2.45) is 5.10 Å². The van der Waals surface area contributed by atoms with E-state index in [-0.39, 0.29) is 11.7 Å². The first-order valence-electron chi connectivity index (χ1n) is 7.62. The van der Waals surface area contributed by atoms with E-state index in [2.05, 4.69) is 10.5 Å². The normalized spacial score (nSPS) is 11.1. The molecule has 0 aromatic heterocycles. The summed E-state index contributed by atoms with van der Waals surface area (Å²) in [6.45, 7) is 4.33. The predicted molar refractivity (Wildman–Crippen MR) is 95.2 cm³/mol. The Morgan fingerprint density at radius 1 is 1.21 bits per heavy atom. The van der Waals surface area contributed by atoms with Crippen LogP contribution in [0, 0.1) is 6.92 Å². The molecule has 0 atom stereocenters. The molecule has 0 fully saturated rings. The third-order valence-electron chi connectivity index (χ3n) is 3.18. The van der Waals surface area contributed by atoms with Crippen molar-refractivity contribution in [3.05, 3.63) is 65.2 Å². The highest BCUT2D eigenvalue weighted by Crippen LogP contribution is 2.25. The van der Waals surface area contributed by atoms with E-state index in [9.17, 15) is 9.90 Å². The van der Waals surface area contributed by atoms with Crippen molar-refractivity contribution in [2.45, 2.75) is 13.8 Å². The molecule has 0 aliphatic heterocycles. The number of phenolic OH excluding ortho intramolecular Hbond substituents is 1. The van der Waals surface area contributed by atoms with Gasteiger partial charge >= 0.3 is 0 Å². The molecule has 0 saturated heterocycles. The van der Waals surface area contributed by atoms with Crippen LogP contribution in [0.15, 0.2) is 53.6 Å². The van der Waals surface area contributed by atoms with Crippen LogP contribution >= 0.6 is 0 Å². The summed E-state index contributed by atoms with van der Waals surface area (Å²) in [6, 6.07) is 12.7. The molecule has 0 spiro atoms. The maximum absolute atomic E-state index is 11.7. The fraction of sp³-hybridized carbons (Fsp3) is 0.158. The molecule has 0 aliphatic rings. The Bertz CT molecular complexity index is 750. The monoisotopic (exact) mass is 324 g/mol. The number of carbonyl (C=O) groups excluding carboxylic acids is 1. The number of hydrogen-bond acceptors (Lipinski definition) is 4. The summed E-state index contributed by atoms with van der Waals surface area (Å²) in [5.74, 6) is 0.119. The van der Waals surface area contributed by atoms with Crippen molar-refractivity contribution in [2.75, 3.05) is 6.61 Å². The van der Waals surface area contributed by atoms with Gasteiger partial charge in [0, 0.05) is 6.08 Å². The molecule has 5 nitrogen and oxygen atoms in total. The van der Waals surface area contributed by atoms with Crippen LogP contribution < -0.4 is 10.2 Å². The lowest BCUT2D eigenvalue weighted by Gasteiger charge is -2.05. The smallest absolute Gasteiger partial charge is 0.264 e. The van der Waals surface area contributed by atoms with Gasteiger partial charge in [-0.1, -0.05) is 29.8 Å². The van der Waals surface area contributed by atoms with Gasteiger partial charge in [0.2, 0.25) is 0 Å². The number of carbonyl (C=O) groups is 1. The Morgan fingerprint density at radius 2 is 1.92 bits per heavy atom. The van der Waals surface area contributed by atoms with Gasteiger partial charge in [0.25, 0.3) is 5.91 Å². The number of ether oxygens (including phenoxy) is 1. The quantitative estimate of drug-likeness (QED) is 0.487. The van der Waals surface area contributed by atoms with E-state index < -0.39 is 0 Å². The molecule has 2 rings (SSSR count). The second-order valence-electron chi connectivity index (χ2n) is 5.14. The molecule has 0 aliphatic carbocycles. The molecule has 0 bridgehead atoms. The largest absolute Gasteiger partial charge is 0.504 e. The van der Waals surface area contributed by atoms with E-state index in [1.54, 1.807) is 18.2 Å². The molecule has 0 unspecified atom stereocenters. The molecule has 2 N–H and O–H groups in total. The molecular weight excluding hydrogens is 304 g/mol. The summed E-state index contributed by atoms with van der Waals surface area (Å²) in [5.41, 5.74) is 5.16. The number of rotatable bonds is 6. The number of hydrazone groups is 1. The number of aromatic hydroxyl groups is 1. The lowest BCUT2D eigenvalue weighted by molar-refractivity contribution is -0.116. The van der Waals surface area contributed by atoms with E-state index in [0.29, 0.717) is 17.9 Å². The second-order valence-corrected chi connectivity index (χ2v) is 5.14. The first-order valence-corrected chi connectivity index (χ1v) is 7.62. The average Bonchev–Trinajstić information content (AvgIpc) is 2.57. The minimum absolute atomic E-state index is 0.0337. The molecule has 2 aromatic rings. The third kappa shape index (κ3) is 5.28. The fourth-order valence-corrected chi connectivity index (χ4v) is 1.95. The number of aryl methyl sites for hydroxylation is 1. The highest BCUT2D eigenvalue weighted by atomic mass is 16.5. The summed E-state index contributed by atoms with van der Waals surface area (Å²) in [7, 11) is 0. The summed E-state index contributed by atoms with van der Waals surface area (Å²) in [6.07, 6.45) is 4.58. The van der Waals surface area contributed by atoms with Crippen molar-refractivity contribution < 1.29 is 14.6 Å². The van der Waals surface area contributed by atoms with Crippen molar-refractivity contribution in [3.63, 3.8) is 0 Å². The van der Waals surface area contributed by atoms with E-state index in [4.69, 9.17) is 4.74 Å². The molecular formula is C19H20N2O3. The predicted octanol–water partition coefficient (Wildman–Crippen LogP) is 3.26. The highest BCUT2D eigenvalue weighted by molar-refractivity contribution is 5.92. The van der Waals surface area contributed by atoms with Crippen LogP contribution in [0.4, 0.5) is 0 Å². The Morgan fingerprint density at radius 3 is 2.58 bits per heavy atom. The minimum atomic E-state index is -0.331. The number of benzene rings is 2. The van der Waals surface area contributed by atoms with Crippen LogP contribution in [-0.4, -0.2) is 23.8 Å². The molecule has 0 radical (unpaired) electrons. The topological polar surface area (TPSA) is 70.9 Å². The molecule has 0 saturated carbocycles. The highest BCUT2D eigenvalue weighted by Gasteiger charge is 2.01. The van der Waals surface area contributed by atoms with Gasteiger partial charge in [-0.25, -0.2) is 5.43 Å². The average molecular weight is 324 g/mol. The minimum Gasteiger partial charge on any atom is -0.504 e. The van der Waals surface area contributed by atoms with E-state index in [0.717, 1.165) is 5.56 Å². The van der Waals surface area contributed by atoms with Crippen molar-refractivity contribution in [1.82, 2.24) is 5.43 Å². The first-order chi connectivity index (χ1) is 11.6. The molecule has 24 heavy (non-hydrogen) atoms. The Balaban J connectivity index is 1.90. The van der Waals surface area contributed by atoms with E-state index in [1.807, 2.05) is 38.1 Å². The number of hydrogen-bond donors (Lipinski definition) is 2. The molecule has 124 valence electrons. The van der Waals surface area contributed by atoms with Crippen LogP contribution in [0.5, 0.6) is 11.5 Å². The number of nitrogens with one attached hydrogen (secondary N) is 1. The zero-order chi connectivity index (χ0) is 17.4. The maximum Gasteiger partial charge on any atom is 0.264 e. The van der Waals surface area contributed by atoms with Crippen LogP contribution in [0.1, 0.15) is 23.6 Å². The summed E-state index contributed by atoms with van der Waals surface area (Å²) < 4.78 is 5.24. The summed E-state index contributed by atoms with van der Waals surface area (Å²) >= 11 is 0. The van der Waals surface area contributed by atoms with Crippen LogP contribution in [0.2, 0.25) is 0 Å². The van der Waals surface area contributed by atoms with Gasteiger partial charge in [-0.15, -0.1) is 0 Å². The zero-order valence-electron chi connectivity index (χ0n) is 13.7. The van der Waals surface area contributed by atoms with Gasteiger partial charge in [-0.3, -0.25) is 4.79 Å². The zero-order valence-corrected chi connectivity index (χ0v) is 13.7. The molecule has 5 heteroatoms. The summed E-state index contributed by atoms with van der Waals surface area (Å²) in [5, 5.41) is 13.6. The Hall–Kier alpha value is -3.08. The molecule has 0 heterocycles. The maximum atomic E-state index is 11.7. The Kier molecular flexibility index (Phi) is 6.14. The molecule has 2 aromatic carbocycles. The first kappa shape index (κ1) is 17.3. The second kappa shape index (κ2) is 8.53. The van der Waals surface area contributed by atoms with Crippen molar-refractivity contribution in [1.29, 1.82) is 0 Å². The standard InChI is InChI=1S/C19H20N2O3/c1-3-24-18-10-8-16(12-17(18)22)13-20-21-19(23)11-9-15-6-4-14(2)5-7-15/h4-13,22H,3H2,1-2H3,(H,21,23)/b11-9+,20-13-. The lowest BCUT2D eigenvalue weighted by atomic mass is 10.1. The van der Waals surface area contributed by atoms with Crippen LogP contribution in [-0.2, 0) is 4.79 Å². The summed E-state index contributed by atoms with van der Waals surface area (Å²) in [4.78, 5) is 11.7. The SMILES string of the molecule is CCOc1ccc(/C=N\NC(=O)/C=C/c2ccc(C)cc2)cc1O. The number of nitrogens with zero attached hydrogens (tertiary/aromatic N) is 1.